The fraction of sp³-hybridized carbons (Fsp3) is 0.167. The fourth-order valence-electron chi connectivity index (χ4n) is 1.44. The van der Waals surface area contributed by atoms with Gasteiger partial charge >= 0.3 is 0 Å². The minimum Gasteiger partial charge on any atom is -0.362 e. The zero-order chi connectivity index (χ0) is 11.4. The van der Waals surface area contributed by atoms with Gasteiger partial charge < -0.3 is 5.32 Å². The zero-order valence-electron chi connectivity index (χ0n) is 8.89. The molecule has 1 N–H and O–H groups in total. The average Bonchev–Trinajstić information content (AvgIpc) is 2.31. The molecule has 16 heavy (non-hydrogen) atoms. The van der Waals surface area contributed by atoms with E-state index in [0.717, 1.165) is 10.3 Å². The van der Waals surface area contributed by atoms with Gasteiger partial charge in [-0.2, -0.15) is 5.10 Å². The Hall–Kier alpha value is -1.42. The third-order valence-corrected chi connectivity index (χ3v) is 2.84. The fourth-order valence-corrected chi connectivity index (χ4v) is 1.70. The second-order valence-corrected chi connectivity index (χ2v) is 4.44. The number of hydrogen-bond donors (Lipinski definition) is 1. The van der Waals surface area contributed by atoms with Gasteiger partial charge in [0.1, 0.15) is 5.82 Å². The van der Waals surface area contributed by atoms with Crippen molar-refractivity contribution in [2.75, 3.05) is 5.32 Å². The molecule has 0 aliphatic carbocycles. The SMILES string of the molecule is CC(Nc1cccnn1)c1ccc(Br)cc1. The Morgan fingerprint density at radius 2 is 1.94 bits per heavy atom. The van der Waals surface area contributed by atoms with Crippen molar-refractivity contribution in [2.24, 2.45) is 0 Å². The third kappa shape index (κ3) is 2.79. The van der Waals surface area contributed by atoms with E-state index in [4.69, 9.17) is 0 Å². The highest BCUT2D eigenvalue weighted by Gasteiger charge is 2.05. The third-order valence-electron chi connectivity index (χ3n) is 2.31. The molecule has 2 rings (SSSR count). The smallest absolute Gasteiger partial charge is 0.149 e. The molecule has 0 saturated carbocycles. The second-order valence-electron chi connectivity index (χ2n) is 3.53. The van der Waals surface area contributed by atoms with Gasteiger partial charge in [-0.3, -0.25) is 0 Å². The van der Waals surface area contributed by atoms with E-state index in [1.54, 1.807) is 6.20 Å². The van der Waals surface area contributed by atoms with Gasteiger partial charge in [-0.05, 0) is 36.8 Å². The number of rotatable bonds is 3. The van der Waals surface area contributed by atoms with Crippen molar-refractivity contribution in [1.29, 1.82) is 0 Å². The van der Waals surface area contributed by atoms with Gasteiger partial charge in [0, 0.05) is 16.7 Å². The molecule has 0 amide bonds. The summed E-state index contributed by atoms with van der Waals surface area (Å²) >= 11 is 3.42. The van der Waals surface area contributed by atoms with Crippen LogP contribution in [0.5, 0.6) is 0 Å². The molecule has 1 heterocycles. The number of aromatic nitrogens is 2. The monoisotopic (exact) mass is 277 g/mol. The van der Waals surface area contributed by atoms with Gasteiger partial charge in [0.25, 0.3) is 0 Å². The van der Waals surface area contributed by atoms with Crippen LogP contribution in [0.15, 0.2) is 47.1 Å². The Morgan fingerprint density at radius 1 is 1.19 bits per heavy atom. The first-order valence-corrected chi connectivity index (χ1v) is 5.85. The predicted molar refractivity (Wildman–Crippen MR) is 68.2 cm³/mol. The molecule has 1 unspecified atom stereocenters. The Balaban J connectivity index is 2.09. The minimum atomic E-state index is 0.213. The van der Waals surface area contributed by atoms with Crippen LogP contribution in [0, 0.1) is 0 Å². The van der Waals surface area contributed by atoms with E-state index >= 15 is 0 Å². The van der Waals surface area contributed by atoms with Crippen LogP contribution in [0.1, 0.15) is 18.5 Å². The summed E-state index contributed by atoms with van der Waals surface area (Å²) in [6.07, 6.45) is 1.66. The van der Waals surface area contributed by atoms with Gasteiger partial charge in [0.2, 0.25) is 0 Å². The molecule has 1 aromatic heterocycles. The first-order chi connectivity index (χ1) is 7.75. The summed E-state index contributed by atoms with van der Waals surface area (Å²) in [6.45, 7) is 2.10. The molecule has 4 heteroatoms. The molecule has 2 aromatic rings. The number of anilines is 1. The molecule has 0 bridgehead atoms. The molecule has 0 aliphatic rings. The lowest BCUT2D eigenvalue weighted by molar-refractivity contribution is 0.860. The van der Waals surface area contributed by atoms with E-state index in [9.17, 15) is 0 Å². The largest absolute Gasteiger partial charge is 0.362 e. The number of benzene rings is 1. The average molecular weight is 278 g/mol. The Kier molecular flexibility index (Phi) is 3.51. The number of nitrogens with one attached hydrogen (secondary N) is 1. The van der Waals surface area contributed by atoms with E-state index in [0.29, 0.717) is 0 Å². The lowest BCUT2D eigenvalue weighted by atomic mass is 10.1. The Bertz CT molecular complexity index is 442. The van der Waals surface area contributed by atoms with Gasteiger partial charge in [0.15, 0.2) is 0 Å². The summed E-state index contributed by atoms with van der Waals surface area (Å²) in [5.41, 5.74) is 1.22. The van der Waals surface area contributed by atoms with Gasteiger partial charge in [-0.1, -0.05) is 28.1 Å². The van der Waals surface area contributed by atoms with Crippen LogP contribution >= 0.6 is 15.9 Å². The van der Waals surface area contributed by atoms with Crippen LogP contribution in [-0.4, -0.2) is 10.2 Å². The number of nitrogens with zero attached hydrogens (tertiary/aromatic N) is 2. The lowest BCUT2D eigenvalue weighted by Crippen LogP contribution is -2.07. The van der Waals surface area contributed by atoms with Crippen molar-refractivity contribution < 1.29 is 0 Å². The Labute approximate surface area is 103 Å². The van der Waals surface area contributed by atoms with E-state index in [2.05, 4.69) is 50.5 Å². The highest BCUT2D eigenvalue weighted by atomic mass is 79.9. The normalized spacial score (nSPS) is 12.1. The van der Waals surface area contributed by atoms with E-state index in [1.165, 1.54) is 5.56 Å². The lowest BCUT2D eigenvalue weighted by Gasteiger charge is -2.14. The molecular weight excluding hydrogens is 266 g/mol. The molecule has 0 aliphatic heterocycles. The topological polar surface area (TPSA) is 37.8 Å². The molecule has 1 aromatic carbocycles. The van der Waals surface area contributed by atoms with Gasteiger partial charge in [-0.15, -0.1) is 5.10 Å². The summed E-state index contributed by atoms with van der Waals surface area (Å²) in [4.78, 5) is 0. The Morgan fingerprint density at radius 3 is 2.56 bits per heavy atom. The molecule has 0 fully saturated rings. The first-order valence-electron chi connectivity index (χ1n) is 5.05. The van der Waals surface area contributed by atoms with Crippen LogP contribution in [0.25, 0.3) is 0 Å². The maximum atomic E-state index is 3.99. The van der Waals surface area contributed by atoms with Crippen molar-refractivity contribution in [3.8, 4) is 0 Å². The molecule has 3 nitrogen and oxygen atoms in total. The van der Waals surface area contributed by atoms with Crippen LogP contribution in [0.2, 0.25) is 0 Å². The minimum absolute atomic E-state index is 0.213. The predicted octanol–water partition coefficient (Wildman–Crippen LogP) is 3.41. The zero-order valence-corrected chi connectivity index (χ0v) is 10.5. The highest BCUT2D eigenvalue weighted by Crippen LogP contribution is 2.19. The van der Waals surface area contributed by atoms with E-state index in [1.807, 2.05) is 24.3 Å². The van der Waals surface area contributed by atoms with Crippen molar-refractivity contribution in [3.63, 3.8) is 0 Å². The number of halogens is 1. The summed E-state index contributed by atoms with van der Waals surface area (Å²) in [7, 11) is 0. The number of hydrogen-bond acceptors (Lipinski definition) is 3. The van der Waals surface area contributed by atoms with Crippen LogP contribution < -0.4 is 5.32 Å². The quantitative estimate of drug-likeness (QED) is 0.934. The molecule has 0 spiro atoms. The van der Waals surface area contributed by atoms with Crippen molar-refractivity contribution in [3.05, 3.63) is 52.6 Å². The molecule has 82 valence electrons. The maximum Gasteiger partial charge on any atom is 0.149 e. The first kappa shape index (κ1) is 11.1. The van der Waals surface area contributed by atoms with Crippen LogP contribution in [0.4, 0.5) is 5.82 Å². The molecule has 0 radical (unpaired) electrons. The van der Waals surface area contributed by atoms with Crippen LogP contribution in [0.3, 0.4) is 0 Å². The van der Waals surface area contributed by atoms with Crippen LogP contribution in [-0.2, 0) is 0 Å². The van der Waals surface area contributed by atoms with Crippen molar-refractivity contribution in [1.82, 2.24) is 10.2 Å². The molecular formula is C12H12BrN3. The standard InChI is InChI=1S/C12H12BrN3/c1-9(10-4-6-11(13)7-5-10)15-12-3-2-8-14-16-12/h2-9H,1H3,(H,15,16). The molecule has 0 saturated heterocycles. The van der Waals surface area contributed by atoms with Gasteiger partial charge in [0.05, 0.1) is 0 Å². The second kappa shape index (κ2) is 5.07. The maximum absolute atomic E-state index is 3.99. The summed E-state index contributed by atoms with van der Waals surface area (Å²) < 4.78 is 1.09. The van der Waals surface area contributed by atoms with Crippen molar-refractivity contribution in [2.45, 2.75) is 13.0 Å². The van der Waals surface area contributed by atoms with Crippen molar-refractivity contribution >= 4 is 21.7 Å². The van der Waals surface area contributed by atoms with Gasteiger partial charge in [-0.25, -0.2) is 0 Å². The highest BCUT2D eigenvalue weighted by molar-refractivity contribution is 9.10. The summed E-state index contributed by atoms with van der Waals surface area (Å²) in [5.74, 6) is 0.790. The summed E-state index contributed by atoms with van der Waals surface area (Å²) in [5, 5.41) is 11.1. The van der Waals surface area contributed by atoms with E-state index < -0.39 is 0 Å². The van der Waals surface area contributed by atoms with E-state index in [-0.39, 0.29) is 6.04 Å². The molecule has 1 atom stereocenters. The summed E-state index contributed by atoms with van der Waals surface area (Å²) in [6, 6.07) is 12.2.